The zero-order valence-corrected chi connectivity index (χ0v) is 9.45. The van der Waals surface area contributed by atoms with Gasteiger partial charge in [-0.1, -0.05) is 39.5 Å². The summed E-state index contributed by atoms with van der Waals surface area (Å²) < 4.78 is 0. The van der Waals surface area contributed by atoms with Crippen molar-refractivity contribution in [2.24, 2.45) is 5.41 Å². The molecule has 0 heterocycles. The Morgan fingerprint density at radius 1 is 0.938 bits per heavy atom. The Hall–Kier alpha value is 0.576. The number of carboxylic acids is 2. The van der Waals surface area contributed by atoms with E-state index in [4.69, 9.17) is 10.2 Å². The number of carboxylic acid groups (broad SMARTS) is 2. The van der Waals surface area contributed by atoms with Crippen LogP contribution in [0.2, 0.25) is 0 Å². The number of hydrogen-bond acceptors (Lipinski definition) is 2. The molecular formula is C11H21KO4. The monoisotopic (exact) mass is 256 g/mol. The maximum absolute atomic E-state index is 11.1. The molecule has 0 aliphatic heterocycles. The Kier molecular flexibility index (Phi) is 11.3. The molecule has 0 fully saturated rings. The fourth-order valence-electron chi connectivity index (χ4n) is 1.60. The van der Waals surface area contributed by atoms with Gasteiger partial charge in [-0.25, -0.2) is 0 Å². The van der Waals surface area contributed by atoms with E-state index in [0.29, 0.717) is 12.8 Å². The summed E-state index contributed by atoms with van der Waals surface area (Å²) >= 11 is 0. The van der Waals surface area contributed by atoms with Crippen LogP contribution in [-0.2, 0) is 9.59 Å². The van der Waals surface area contributed by atoms with Crippen LogP contribution in [0.5, 0.6) is 0 Å². The second kappa shape index (κ2) is 9.59. The molecule has 16 heavy (non-hydrogen) atoms. The molecule has 0 atom stereocenters. The number of rotatable bonds is 8. The van der Waals surface area contributed by atoms with Gasteiger partial charge < -0.3 is 10.2 Å². The summed E-state index contributed by atoms with van der Waals surface area (Å²) in [6.07, 6.45) is 3.37. The first-order valence-electron chi connectivity index (χ1n) is 5.48. The summed E-state index contributed by atoms with van der Waals surface area (Å²) in [5.74, 6) is -2.39. The fourth-order valence-corrected chi connectivity index (χ4v) is 1.60. The molecule has 0 aromatic heterocycles. The first kappa shape index (κ1) is 18.9. The molecule has 0 unspecified atom stereocenters. The topological polar surface area (TPSA) is 74.6 Å². The average molecular weight is 256 g/mol. The van der Waals surface area contributed by atoms with Crippen molar-refractivity contribution in [1.29, 1.82) is 0 Å². The van der Waals surface area contributed by atoms with Gasteiger partial charge in [0.05, 0.1) is 0 Å². The predicted molar refractivity (Wildman–Crippen MR) is 63.9 cm³/mol. The van der Waals surface area contributed by atoms with Crippen molar-refractivity contribution in [2.75, 3.05) is 0 Å². The van der Waals surface area contributed by atoms with E-state index in [-0.39, 0.29) is 64.2 Å². The van der Waals surface area contributed by atoms with Crippen LogP contribution in [0, 0.1) is 5.41 Å². The van der Waals surface area contributed by atoms with Gasteiger partial charge in [0.2, 0.25) is 0 Å². The Balaban J connectivity index is 0. The van der Waals surface area contributed by atoms with E-state index in [1.165, 1.54) is 0 Å². The van der Waals surface area contributed by atoms with E-state index in [0.717, 1.165) is 12.8 Å². The van der Waals surface area contributed by atoms with Crippen molar-refractivity contribution in [3.05, 3.63) is 0 Å². The molecule has 0 aromatic carbocycles. The van der Waals surface area contributed by atoms with E-state index in [2.05, 4.69) is 0 Å². The molecule has 0 aliphatic carbocycles. The van der Waals surface area contributed by atoms with Crippen LogP contribution in [-0.4, -0.2) is 73.5 Å². The van der Waals surface area contributed by atoms with E-state index in [1.807, 2.05) is 13.8 Å². The van der Waals surface area contributed by atoms with Crippen molar-refractivity contribution in [1.82, 2.24) is 0 Å². The summed E-state index contributed by atoms with van der Waals surface area (Å²) in [5.41, 5.74) is -1.56. The van der Waals surface area contributed by atoms with Crippen LogP contribution in [0.1, 0.15) is 52.4 Å². The normalized spacial score (nSPS) is 10.6. The standard InChI is InChI=1S/C11H20O4.K.H/c1-3-5-7-11(9(12)13,10(14)15)8-6-4-2;;/h3-8H2,1-2H3,(H,12,13)(H,14,15);;. The average Bonchev–Trinajstić information content (AvgIpc) is 2.17. The second-order valence-corrected chi connectivity index (χ2v) is 3.90. The van der Waals surface area contributed by atoms with Crippen LogP contribution in [0.4, 0.5) is 0 Å². The Morgan fingerprint density at radius 3 is 1.44 bits per heavy atom. The first-order chi connectivity index (χ1) is 7.01. The number of carbonyl (C=O) groups is 2. The first-order valence-corrected chi connectivity index (χ1v) is 5.48. The van der Waals surface area contributed by atoms with Gasteiger partial charge in [-0.05, 0) is 12.8 Å². The molecule has 0 saturated carbocycles. The van der Waals surface area contributed by atoms with Gasteiger partial charge in [-0.15, -0.1) is 0 Å². The third-order valence-electron chi connectivity index (χ3n) is 2.73. The predicted octanol–water partition coefficient (Wildman–Crippen LogP) is 1.87. The SMILES string of the molecule is CCCCC(CCCC)(C(=O)O)C(=O)O.[KH]. The van der Waals surface area contributed by atoms with E-state index < -0.39 is 17.4 Å². The third-order valence-corrected chi connectivity index (χ3v) is 2.73. The van der Waals surface area contributed by atoms with Gasteiger partial charge in [-0.3, -0.25) is 9.59 Å². The quantitative estimate of drug-likeness (QED) is 0.513. The molecule has 0 spiro atoms. The molecule has 0 aliphatic rings. The molecule has 0 aromatic rings. The van der Waals surface area contributed by atoms with Crippen molar-refractivity contribution < 1.29 is 19.8 Å². The van der Waals surface area contributed by atoms with Crippen molar-refractivity contribution >= 4 is 63.3 Å². The second-order valence-electron chi connectivity index (χ2n) is 3.90. The van der Waals surface area contributed by atoms with E-state index in [9.17, 15) is 9.59 Å². The molecular weight excluding hydrogens is 235 g/mol. The summed E-state index contributed by atoms with van der Waals surface area (Å²) in [6, 6.07) is 0. The molecule has 90 valence electrons. The number of aliphatic carboxylic acids is 2. The molecule has 0 amide bonds. The van der Waals surface area contributed by atoms with Gasteiger partial charge >= 0.3 is 63.3 Å². The van der Waals surface area contributed by atoms with Crippen molar-refractivity contribution in [3.8, 4) is 0 Å². The summed E-state index contributed by atoms with van der Waals surface area (Å²) in [5, 5.41) is 18.1. The van der Waals surface area contributed by atoms with E-state index in [1.54, 1.807) is 0 Å². The van der Waals surface area contributed by atoms with Crippen LogP contribution in [0.3, 0.4) is 0 Å². The van der Waals surface area contributed by atoms with Gasteiger partial charge in [0.1, 0.15) is 0 Å². The van der Waals surface area contributed by atoms with Crippen LogP contribution in [0.15, 0.2) is 0 Å². The zero-order valence-electron chi connectivity index (χ0n) is 9.45. The molecule has 5 heteroatoms. The zero-order chi connectivity index (χ0) is 11.9. The molecule has 0 bridgehead atoms. The minimum atomic E-state index is -1.56. The minimum absolute atomic E-state index is 0. The third kappa shape index (κ3) is 5.27. The van der Waals surface area contributed by atoms with Crippen LogP contribution in [0.25, 0.3) is 0 Å². The molecule has 4 nitrogen and oxygen atoms in total. The summed E-state index contributed by atoms with van der Waals surface area (Å²) in [6.45, 7) is 3.85. The van der Waals surface area contributed by atoms with Gasteiger partial charge in [0.25, 0.3) is 0 Å². The molecule has 0 radical (unpaired) electrons. The van der Waals surface area contributed by atoms with Crippen LogP contribution < -0.4 is 0 Å². The number of unbranched alkanes of at least 4 members (excludes halogenated alkanes) is 2. The van der Waals surface area contributed by atoms with Crippen molar-refractivity contribution in [2.45, 2.75) is 52.4 Å². The Bertz CT molecular complexity index is 204. The molecule has 0 saturated heterocycles. The van der Waals surface area contributed by atoms with Gasteiger partial charge in [0.15, 0.2) is 5.41 Å². The maximum atomic E-state index is 11.1. The molecule has 0 rings (SSSR count). The van der Waals surface area contributed by atoms with Crippen LogP contribution >= 0.6 is 0 Å². The van der Waals surface area contributed by atoms with Gasteiger partial charge in [-0.2, -0.15) is 0 Å². The van der Waals surface area contributed by atoms with Crippen molar-refractivity contribution in [3.63, 3.8) is 0 Å². The fraction of sp³-hybridized carbons (Fsp3) is 0.818. The summed E-state index contributed by atoms with van der Waals surface area (Å²) in [4.78, 5) is 22.2. The van der Waals surface area contributed by atoms with Gasteiger partial charge in [0, 0.05) is 0 Å². The Morgan fingerprint density at radius 2 is 1.25 bits per heavy atom. The number of hydrogen-bond donors (Lipinski definition) is 2. The summed E-state index contributed by atoms with van der Waals surface area (Å²) in [7, 11) is 0. The van der Waals surface area contributed by atoms with E-state index >= 15 is 0 Å². The molecule has 2 N–H and O–H groups in total. The Labute approximate surface area is 139 Å².